The minimum absolute atomic E-state index is 1.25. The predicted molar refractivity (Wildman–Crippen MR) is 156 cm³/mol. The van der Waals surface area contributed by atoms with Gasteiger partial charge in [0.25, 0.3) is 0 Å². The zero-order valence-corrected chi connectivity index (χ0v) is 19.7. The lowest BCUT2D eigenvalue weighted by Crippen LogP contribution is -1.91. The van der Waals surface area contributed by atoms with Crippen LogP contribution in [0.1, 0.15) is 0 Å². The molecule has 0 saturated heterocycles. The maximum absolute atomic E-state index is 2.37. The molecule has 0 radical (unpaired) electrons. The van der Waals surface area contributed by atoms with Crippen molar-refractivity contribution < 1.29 is 0 Å². The molecule has 0 aromatic heterocycles. The quantitative estimate of drug-likeness (QED) is 0.180. The van der Waals surface area contributed by atoms with Crippen molar-refractivity contribution in [1.29, 1.82) is 0 Å². The summed E-state index contributed by atoms with van der Waals surface area (Å²) in [4.78, 5) is 0. The number of hydrogen-bond acceptors (Lipinski definition) is 0. The molecule has 166 valence electrons. The first-order chi connectivity index (χ1) is 17.9. The molecule has 36 heavy (non-hydrogen) atoms. The third-order valence-electron chi connectivity index (χ3n) is 7.79. The molecule has 0 heteroatoms. The van der Waals surface area contributed by atoms with Crippen molar-refractivity contribution in [3.63, 3.8) is 0 Å². The Morgan fingerprint density at radius 3 is 1.81 bits per heavy atom. The van der Waals surface area contributed by atoms with Gasteiger partial charge in [-0.15, -0.1) is 0 Å². The van der Waals surface area contributed by atoms with Crippen molar-refractivity contribution in [2.45, 2.75) is 0 Å². The van der Waals surface area contributed by atoms with Gasteiger partial charge < -0.3 is 0 Å². The fourth-order valence-corrected chi connectivity index (χ4v) is 6.20. The molecule has 0 heterocycles. The lowest BCUT2D eigenvalue weighted by molar-refractivity contribution is 1.65. The summed E-state index contributed by atoms with van der Waals surface area (Å²) in [6, 6.07) is 49.1. The molecule has 0 spiro atoms. The predicted octanol–water partition coefficient (Wildman–Crippen LogP) is 10.2. The van der Waals surface area contributed by atoms with Crippen LogP contribution in [-0.2, 0) is 0 Å². The van der Waals surface area contributed by atoms with Crippen LogP contribution in [0.25, 0.3) is 76.1 Å². The molecule has 8 rings (SSSR count). The molecular formula is C36H22. The number of rotatable bonds is 2. The first-order valence-corrected chi connectivity index (χ1v) is 12.5. The number of benzene rings is 8. The van der Waals surface area contributed by atoms with Crippen LogP contribution in [0, 0.1) is 0 Å². The SMILES string of the molecule is c1ccc(-c2cccc3c(-c4ccc5ccc6cccc7ccc4c5c67)c4ccccc4cc23)cc1. The average molecular weight is 455 g/mol. The van der Waals surface area contributed by atoms with Gasteiger partial charge >= 0.3 is 0 Å². The van der Waals surface area contributed by atoms with Gasteiger partial charge in [-0.2, -0.15) is 0 Å². The van der Waals surface area contributed by atoms with Crippen LogP contribution >= 0.6 is 0 Å². The van der Waals surface area contributed by atoms with E-state index in [9.17, 15) is 0 Å². The standard InChI is InChI=1S/C36H22/c1-2-8-23(9-3-1)28-14-7-15-30-33(28)22-27-10-4-5-13-29(27)36(30)32-21-19-26-17-16-24-11-6-12-25-18-20-31(32)35(26)34(24)25/h1-22H. The largest absolute Gasteiger partial charge is 0.0622 e. The third kappa shape index (κ3) is 2.70. The van der Waals surface area contributed by atoms with Gasteiger partial charge in [0.05, 0.1) is 0 Å². The zero-order valence-electron chi connectivity index (χ0n) is 19.7. The van der Waals surface area contributed by atoms with Crippen molar-refractivity contribution >= 4 is 53.9 Å². The highest BCUT2D eigenvalue weighted by molar-refractivity contribution is 6.28. The van der Waals surface area contributed by atoms with Crippen molar-refractivity contribution in [3.05, 3.63) is 133 Å². The Bertz CT molecular complexity index is 2060. The molecule has 0 aliphatic heterocycles. The second-order valence-corrected chi connectivity index (χ2v) is 9.71. The number of fused-ring (bicyclic) bond motifs is 2. The Balaban J connectivity index is 1.57. The lowest BCUT2D eigenvalue weighted by atomic mass is 9.85. The first kappa shape index (κ1) is 19.6. The molecule has 0 saturated carbocycles. The van der Waals surface area contributed by atoms with E-state index in [-0.39, 0.29) is 0 Å². The van der Waals surface area contributed by atoms with E-state index in [0.717, 1.165) is 0 Å². The van der Waals surface area contributed by atoms with Gasteiger partial charge in [0.1, 0.15) is 0 Å². The van der Waals surface area contributed by atoms with Gasteiger partial charge in [-0.25, -0.2) is 0 Å². The van der Waals surface area contributed by atoms with Gasteiger partial charge in [-0.05, 0) is 82.2 Å². The summed E-state index contributed by atoms with van der Waals surface area (Å²) >= 11 is 0. The summed E-state index contributed by atoms with van der Waals surface area (Å²) in [5.41, 5.74) is 5.14. The third-order valence-corrected chi connectivity index (χ3v) is 7.79. The highest BCUT2D eigenvalue weighted by Gasteiger charge is 2.17. The van der Waals surface area contributed by atoms with Crippen LogP contribution < -0.4 is 0 Å². The van der Waals surface area contributed by atoms with Gasteiger partial charge in [-0.1, -0.05) is 127 Å². The van der Waals surface area contributed by atoms with Crippen LogP contribution in [0.4, 0.5) is 0 Å². The molecule has 0 nitrogen and oxygen atoms in total. The normalized spacial score (nSPS) is 11.9. The molecular weight excluding hydrogens is 432 g/mol. The van der Waals surface area contributed by atoms with E-state index in [1.54, 1.807) is 0 Å². The van der Waals surface area contributed by atoms with Crippen LogP contribution in [-0.4, -0.2) is 0 Å². The van der Waals surface area contributed by atoms with Gasteiger partial charge in [-0.3, -0.25) is 0 Å². The van der Waals surface area contributed by atoms with Gasteiger partial charge in [0.2, 0.25) is 0 Å². The Labute approximate surface area is 209 Å². The summed E-state index contributed by atoms with van der Waals surface area (Å²) in [6.07, 6.45) is 0. The highest BCUT2D eigenvalue weighted by Crippen LogP contribution is 2.45. The summed E-state index contributed by atoms with van der Waals surface area (Å²) in [5.74, 6) is 0. The second-order valence-electron chi connectivity index (χ2n) is 9.71. The Morgan fingerprint density at radius 1 is 0.306 bits per heavy atom. The van der Waals surface area contributed by atoms with Crippen molar-refractivity contribution in [1.82, 2.24) is 0 Å². The first-order valence-electron chi connectivity index (χ1n) is 12.5. The van der Waals surface area contributed by atoms with E-state index in [1.807, 2.05) is 0 Å². The van der Waals surface area contributed by atoms with Crippen LogP contribution in [0.5, 0.6) is 0 Å². The van der Waals surface area contributed by atoms with E-state index in [4.69, 9.17) is 0 Å². The Hall–Kier alpha value is -4.68. The molecule has 0 atom stereocenters. The molecule has 8 aromatic carbocycles. The minimum atomic E-state index is 1.25. The summed E-state index contributed by atoms with van der Waals surface area (Å²) in [5, 5.41) is 13.1. The van der Waals surface area contributed by atoms with E-state index >= 15 is 0 Å². The zero-order chi connectivity index (χ0) is 23.6. The monoisotopic (exact) mass is 454 g/mol. The molecule has 0 amide bonds. The highest BCUT2D eigenvalue weighted by atomic mass is 14.2. The lowest BCUT2D eigenvalue weighted by Gasteiger charge is -2.18. The Kier molecular flexibility index (Phi) is 4.03. The Morgan fingerprint density at radius 2 is 0.944 bits per heavy atom. The van der Waals surface area contributed by atoms with E-state index < -0.39 is 0 Å². The molecule has 0 fully saturated rings. The second kappa shape index (κ2) is 7.41. The van der Waals surface area contributed by atoms with Crippen molar-refractivity contribution in [2.75, 3.05) is 0 Å². The summed E-state index contributed by atoms with van der Waals surface area (Å²) in [6.45, 7) is 0. The van der Waals surface area contributed by atoms with Gasteiger partial charge in [0.15, 0.2) is 0 Å². The average Bonchev–Trinajstić information content (AvgIpc) is 2.95. The fourth-order valence-electron chi connectivity index (χ4n) is 6.20. The van der Waals surface area contributed by atoms with Gasteiger partial charge in [0, 0.05) is 0 Å². The molecule has 0 unspecified atom stereocenters. The van der Waals surface area contributed by atoms with E-state index in [0.29, 0.717) is 0 Å². The summed E-state index contributed by atoms with van der Waals surface area (Å²) in [7, 11) is 0. The van der Waals surface area contributed by atoms with E-state index in [2.05, 4.69) is 133 Å². The maximum atomic E-state index is 2.37. The minimum Gasteiger partial charge on any atom is -0.0622 e. The van der Waals surface area contributed by atoms with E-state index in [1.165, 1.54) is 76.1 Å². The van der Waals surface area contributed by atoms with Crippen molar-refractivity contribution in [3.8, 4) is 22.3 Å². The number of hydrogen-bond donors (Lipinski definition) is 0. The van der Waals surface area contributed by atoms with Crippen molar-refractivity contribution in [2.24, 2.45) is 0 Å². The van der Waals surface area contributed by atoms with Crippen LogP contribution in [0.15, 0.2) is 133 Å². The maximum Gasteiger partial charge on any atom is -0.00203 e. The van der Waals surface area contributed by atoms with Crippen LogP contribution in [0.2, 0.25) is 0 Å². The smallest absolute Gasteiger partial charge is 0.00203 e. The molecule has 0 aliphatic carbocycles. The molecule has 0 N–H and O–H groups in total. The summed E-state index contributed by atoms with van der Waals surface area (Å²) < 4.78 is 0. The molecule has 8 aromatic rings. The topological polar surface area (TPSA) is 0 Å². The fraction of sp³-hybridized carbons (Fsp3) is 0. The van der Waals surface area contributed by atoms with Crippen LogP contribution in [0.3, 0.4) is 0 Å². The molecule has 0 bridgehead atoms. The molecule has 0 aliphatic rings.